The molecule has 7 nitrogen and oxygen atoms in total. The van der Waals surface area contributed by atoms with Gasteiger partial charge in [-0.2, -0.15) is 5.10 Å². The molecule has 0 aliphatic carbocycles. The Morgan fingerprint density at radius 1 is 1.60 bits per heavy atom. The summed E-state index contributed by atoms with van der Waals surface area (Å²) in [6, 6.07) is 0.0314. The number of carbonyl (C=O) groups is 1. The van der Waals surface area contributed by atoms with Crippen LogP contribution in [-0.2, 0) is 16.1 Å². The van der Waals surface area contributed by atoms with Gasteiger partial charge in [-0.15, -0.1) is 0 Å². The zero-order chi connectivity index (χ0) is 15.3. The summed E-state index contributed by atoms with van der Waals surface area (Å²) >= 11 is 3.22. The molecule has 0 fully saturated rings. The highest BCUT2D eigenvalue weighted by Crippen LogP contribution is 2.18. The third kappa shape index (κ3) is 4.04. The van der Waals surface area contributed by atoms with E-state index in [-0.39, 0.29) is 12.6 Å². The van der Waals surface area contributed by atoms with Gasteiger partial charge in [-0.05, 0) is 21.8 Å². The van der Waals surface area contributed by atoms with Gasteiger partial charge >= 0.3 is 5.97 Å². The Bertz CT molecular complexity index is 530. The second-order valence-electron chi connectivity index (χ2n) is 4.64. The van der Waals surface area contributed by atoms with E-state index in [1.807, 2.05) is 13.8 Å². The van der Waals surface area contributed by atoms with Gasteiger partial charge in [0, 0.05) is 12.6 Å². The maximum absolute atomic E-state index is 12.1. The Hall–Kier alpha value is -1.41. The predicted octanol–water partition coefficient (Wildman–Crippen LogP) is 0.574. The lowest BCUT2D eigenvalue weighted by Crippen LogP contribution is -2.35. The number of hydrogen-bond donors (Lipinski definition) is 2. The van der Waals surface area contributed by atoms with Crippen LogP contribution in [0.2, 0.25) is 0 Å². The van der Waals surface area contributed by atoms with E-state index in [4.69, 9.17) is 5.73 Å². The van der Waals surface area contributed by atoms with Crippen LogP contribution < -0.4 is 16.6 Å². The van der Waals surface area contributed by atoms with Gasteiger partial charge in [-0.25, -0.2) is 4.68 Å². The van der Waals surface area contributed by atoms with E-state index in [9.17, 15) is 9.59 Å². The van der Waals surface area contributed by atoms with Gasteiger partial charge in [0.2, 0.25) is 0 Å². The number of anilines is 1. The van der Waals surface area contributed by atoms with Crippen LogP contribution in [0, 0.1) is 5.92 Å². The molecular weight excluding hydrogens is 328 g/mol. The molecule has 0 amide bonds. The van der Waals surface area contributed by atoms with Crippen molar-refractivity contribution in [2.45, 2.75) is 26.4 Å². The van der Waals surface area contributed by atoms with Gasteiger partial charge < -0.3 is 15.8 Å². The molecule has 8 heteroatoms. The zero-order valence-corrected chi connectivity index (χ0v) is 13.3. The van der Waals surface area contributed by atoms with Crippen molar-refractivity contribution >= 4 is 27.6 Å². The summed E-state index contributed by atoms with van der Waals surface area (Å²) in [7, 11) is 1.26. The van der Waals surface area contributed by atoms with Crippen LogP contribution in [0.3, 0.4) is 0 Å². The molecule has 0 spiro atoms. The minimum Gasteiger partial charge on any atom is -0.468 e. The first kappa shape index (κ1) is 16.6. The Balaban J connectivity index is 3.00. The lowest BCUT2D eigenvalue weighted by atomic mass is 10.0. The molecule has 1 unspecified atom stereocenters. The van der Waals surface area contributed by atoms with Gasteiger partial charge in [-0.3, -0.25) is 9.59 Å². The number of halogens is 1. The Labute approximate surface area is 125 Å². The Morgan fingerprint density at radius 2 is 2.25 bits per heavy atom. The number of nitrogens with two attached hydrogens (primary N) is 1. The maximum atomic E-state index is 12.1. The number of nitrogens with zero attached hydrogens (tertiary/aromatic N) is 2. The summed E-state index contributed by atoms with van der Waals surface area (Å²) in [5.74, 6) is -0.223. The molecule has 0 aliphatic rings. The van der Waals surface area contributed by atoms with Crippen molar-refractivity contribution in [2.24, 2.45) is 11.7 Å². The van der Waals surface area contributed by atoms with Crippen LogP contribution in [0.5, 0.6) is 0 Å². The highest BCUT2D eigenvalue weighted by Gasteiger charge is 2.16. The van der Waals surface area contributed by atoms with E-state index in [0.29, 0.717) is 22.6 Å². The predicted molar refractivity (Wildman–Crippen MR) is 79.5 cm³/mol. The summed E-state index contributed by atoms with van der Waals surface area (Å²) in [5.41, 5.74) is 5.83. The molecule has 20 heavy (non-hydrogen) atoms. The molecule has 1 heterocycles. The largest absolute Gasteiger partial charge is 0.468 e. The van der Waals surface area contributed by atoms with Crippen LogP contribution in [-0.4, -0.2) is 35.4 Å². The van der Waals surface area contributed by atoms with E-state index in [0.717, 1.165) is 4.68 Å². The molecule has 0 saturated heterocycles. The second kappa shape index (κ2) is 7.39. The van der Waals surface area contributed by atoms with Gasteiger partial charge in [0.1, 0.15) is 11.0 Å². The van der Waals surface area contributed by atoms with Crippen molar-refractivity contribution in [2.75, 3.05) is 19.0 Å². The van der Waals surface area contributed by atoms with Gasteiger partial charge in [0.15, 0.2) is 0 Å². The lowest BCUT2D eigenvalue weighted by Gasteiger charge is -2.22. The van der Waals surface area contributed by atoms with E-state index < -0.39 is 11.5 Å². The zero-order valence-electron chi connectivity index (χ0n) is 11.7. The van der Waals surface area contributed by atoms with E-state index >= 15 is 0 Å². The standard InChI is InChI=1S/C12H19BrN4O3/c1-7(2)8(4-14)16-9-5-15-17(6-10(18)20-3)12(19)11(9)13/h5,7-8,16H,4,6,14H2,1-3H3. The molecule has 0 aliphatic heterocycles. The first-order chi connectivity index (χ1) is 9.40. The summed E-state index contributed by atoms with van der Waals surface area (Å²) in [6.45, 7) is 4.28. The first-order valence-electron chi connectivity index (χ1n) is 6.19. The third-order valence-electron chi connectivity index (χ3n) is 2.89. The van der Waals surface area contributed by atoms with Crippen molar-refractivity contribution in [1.29, 1.82) is 0 Å². The van der Waals surface area contributed by atoms with Crippen LogP contribution >= 0.6 is 15.9 Å². The first-order valence-corrected chi connectivity index (χ1v) is 6.99. The van der Waals surface area contributed by atoms with Crippen molar-refractivity contribution < 1.29 is 9.53 Å². The average molecular weight is 347 g/mol. The topological polar surface area (TPSA) is 99.2 Å². The number of methoxy groups -OCH3 is 1. The molecule has 1 aromatic heterocycles. The summed E-state index contributed by atoms with van der Waals surface area (Å²) in [4.78, 5) is 23.2. The number of hydrogen-bond acceptors (Lipinski definition) is 6. The fourth-order valence-corrected chi connectivity index (χ4v) is 1.98. The second-order valence-corrected chi connectivity index (χ2v) is 5.43. The van der Waals surface area contributed by atoms with Gasteiger partial charge in [0.25, 0.3) is 5.56 Å². The van der Waals surface area contributed by atoms with Crippen molar-refractivity contribution in [3.05, 3.63) is 21.0 Å². The molecular formula is C12H19BrN4O3. The molecule has 3 N–H and O–H groups in total. The molecule has 0 aromatic carbocycles. The minimum atomic E-state index is -0.533. The van der Waals surface area contributed by atoms with E-state index in [1.165, 1.54) is 13.3 Å². The van der Waals surface area contributed by atoms with Crippen LogP contribution in [0.1, 0.15) is 13.8 Å². The summed E-state index contributed by atoms with van der Waals surface area (Å²) in [5, 5.41) is 7.11. The molecule has 0 bridgehead atoms. The van der Waals surface area contributed by atoms with Crippen molar-refractivity contribution in [3.63, 3.8) is 0 Å². The van der Waals surface area contributed by atoms with Gasteiger partial charge in [0.05, 0.1) is 19.0 Å². The number of carbonyl (C=O) groups excluding carboxylic acids is 1. The number of esters is 1. The van der Waals surface area contributed by atoms with Crippen molar-refractivity contribution in [3.8, 4) is 0 Å². The Kier molecular flexibility index (Phi) is 6.15. The average Bonchev–Trinajstić information content (AvgIpc) is 2.42. The number of rotatable bonds is 6. The summed E-state index contributed by atoms with van der Waals surface area (Å²) < 4.78 is 5.86. The van der Waals surface area contributed by atoms with Gasteiger partial charge in [-0.1, -0.05) is 13.8 Å². The lowest BCUT2D eigenvalue weighted by molar-refractivity contribution is -0.141. The van der Waals surface area contributed by atoms with E-state index in [2.05, 4.69) is 31.1 Å². The normalized spacial score (nSPS) is 12.3. The smallest absolute Gasteiger partial charge is 0.327 e. The van der Waals surface area contributed by atoms with E-state index in [1.54, 1.807) is 0 Å². The molecule has 112 valence electrons. The van der Waals surface area contributed by atoms with Crippen LogP contribution in [0.15, 0.2) is 15.5 Å². The maximum Gasteiger partial charge on any atom is 0.327 e. The quantitative estimate of drug-likeness (QED) is 0.730. The molecule has 0 saturated carbocycles. The highest BCUT2D eigenvalue weighted by atomic mass is 79.9. The summed E-state index contributed by atoms with van der Waals surface area (Å²) in [6.07, 6.45) is 1.49. The van der Waals surface area contributed by atoms with Crippen molar-refractivity contribution in [1.82, 2.24) is 9.78 Å². The van der Waals surface area contributed by atoms with Crippen LogP contribution in [0.25, 0.3) is 0 Å². The SMILES string of the molecule is COC(=O)Cn1ncc(NC(CN)C(C)C)c(Br)c1=O. The Morgan fingerprint density at radius 3 is 2.75 bits per heavy atom. The molecule has 0 radical (unpaired) electrons. The third-order valence-corrected chi connectivity index (χ3v) is 3.66. The number of nitrogens with one attached hydrogen (secondary N) is 1. The minimum absolute atomic E-state index is 0.0314. The highest BCUT2D eigenvalue weighted by molar-refractivity contribution is 9.10. The number of aromatic nitrogens is 2. The molecule has 1 atom stereocenters. The monoisotopic (exact) mass is 346 g/mol. The molecule has 1 aromatic rings. The number of ether oxygens (including phenoxy) is 1. The molecule has 1 rings (SSSR count). The fraction of sp³-hybridized carbons (Fsp3) is 0.583. The van der Waals surface area contributed by atoms with Crippen LogP contribution in [0.4, 0.5) is 5.69 Å². The fourth-order valence-electron chi connectivity index (χ4n) is 1.56.